The Morgan fingerprint density at radius 2 is 1.80 bits per heavy atom. The second-order valence-electron chi connectivity index (χ2n) is 2.51. The number of rotatable bonds is 1. The average molecular weight is 321 g/mol. The van der Waals surface area contributed by atoms with Crippen LogP contribution in [0.1, 0.15) is 5.56 Å². The molecule has 1 aromatic carbocycles. The van der Waals surface area contributed by atoms with Crippen LogP contribution in [0.2, 0.25) is 0 Å². The summed E-state index contributed by atoms with van der Waals surface area (Å²) in [5.41, 5.74) is 1.30. The topological polar surface area (TPSA) is 0 Å². The molecular weight excluding hydrogens is 315 g/mol. The first-order valence-corrected chi connectivity index (χ1v) is 6.70. The van der Waals surface area contributed by atoms with E-state index < -0.39 is 27.4 Å². The van der Waals surface area contributed by atoms with Crippen molar-refractivity contribution in [3.8, 4) is 0 Å². The number of alkyl halides is 3. The van der Waals surface area contributed by atoms with Crippen molar-refractivity contribution in [2.45, 2.75) is 6.18 Å². The van der Waals surface area contributed by atoms with Crippen molar-refractivity contribution in [3.05, 3.63) is 41.6 Å². The van der Waals surface area contributed by atoms with Gasteiger partial charge in [0, 0.05) is 0 Å². The SMILES string of the molecule is FC(F)(F)C(=C=[C]=[Rh][Cl])c1ccccc1. The molecule has 0 aliphatic carbocycles. The monoisotopic (exact) mass is 320 g/mol. The zero-order valence-electron chi connectivity index (χ0n) is 7.23. The van der Waals surface area contributed by atoms with Gasteiger partial charge in [0.25, 0.3) is 0 Å². The fraction of sp³-hybridized carbons (Fsp3) is 0.100. The van der Waals surface area contributed by atoms with Crippen molar-refractivity contribution in [1.29, 1.82) is 0 Å². The predicted octanol–water partition coefficient (Wildman–Crippen LogP) is 3.42. The third-order valence-electron chi connectivity index (χ3n) is 1.54. The molecule has 0 spiro atoms. The van der Waals surface area contributed by atoms with Crippen LogP contribution in [-0.4, -0.2) is 10.4 Å². The van der Waals surface area contributed by atoms with Crippen LogP contribution in [0.4, 0.5) is 13.2 Å². The average Bonchev–Trinajstić information content (AvgIpc) is 2.18. The van der Waals surface area contributed by atoms with Gasteiger partial charge >= 0.3 is 96.2 Å². The molecule has 0 aliphatic heterocycles. The van der Waals surface area contributed by atoms with E-state index in [2.05, 4.69) is 10.00 Å². The van der Waals surface area contributed by atoms with Gasteiger partial charge in [0.05, 0.1) is 0 Å². The summed E-state index contributed by atoms with van der Waals surface area (Å²) in [6.45, 7) is 0. The predicted molar refractivity (Wildman–Crippen MR) is 50.3 cm³/mol. The van der Waals surface area contributed by atoms with Gasteiger partial charge in [0.2, 0.25) is 0 Å². The molecule has 15 heavy (non-hydrogen) atoms. The second-order valence-corrected chi connectivity index (χ2v) is 3.97. The molecule has 0 heterocycles. The van der Waals surface area contributed by atoms with Gasteiger partial charge < -0.3 is 0 Å². The van der Waals surface area contributed by atoms with Crippen molar-refractivity contribution in [2.75, 3.05) is 0 Å². The van der Waals surface area contributed by atoms with Crippen LogP contribution in [-0.2, 0) is 15.7 Å². The van der Waals surface area contributed by atoms with Gasteiger partial charge in [-0.15, -0.1) is 0 Å². The molecule has 0 aromatic heterocycles. The maximum atomic E-state index is 12.6. The molecule has 5 heteroatoms. The Labute approximate surface area is 96.2 Å². The molecule has 0 radical (unpaired) electrons. The van der Waals surface area contributed by atoms with Crippen LogP contribution >= 0.6 is 9.69 Å². The Balaban J connectivity index is 3.34. The van der Waals surface area contributed by atoms with Crippen LogP contribution < -0.4 is 0 Å². The molecule has 0 fully saturated rings. The first-order valence-electron chi connectivity index (χ1n) is 3.77. The number of halogens is 4. The molecule has 1 rings (SSSR count). The van der Waals surface area contributed by atoms with Gasteiger partial charge in [0.1, 0.15) is 0 Å². The summed E-state index contributed by atoms with van der Waals surface area (Å²) in [7, 11) is 5.30. The van der Waals surface area contributed by atoms with Crippen molar-refractivity contribution >= 4 is 19.5 Å². The van der Waals surface area contributed by atoms with Gasteiger partial charge in [-0.05, 0) is 0 Å². The second kappa shape index (κ2) is 5.44. The van der Waals surface area contributed by atoms with Crippen LogP contribution in [0.25, 0.3) is 5.57 Å². The Bertz CT molecular complexity index is 424. The minimum absolute atomic E-state index is 0.0692. The minimum atomic E-state index is -4.43. The number of hydrogen-bond donors (Lipinski definition) is 0. The molecule has 0 atom stereocenters. The molecule has 0 aliphatic rings. The Kier molecular flexibility index (Phi) is 4.51. The van der Waals surface area contributed by atoms with Crippen molar-refractivity contribution in [3.63, 3.8) is 0 Å². The maximum absolute atomic E-state index is 12.6. The number of hydrogen-bond acceptors (Lipinski definition) is 0. The molecular formula is C10H5ClF3Rh. The molecule has 0 bridgehead atoms. The molecule has 0 saturated carbocycles. The molecule has 0 amide bonds. The first-order chi connectivity index (χ1) is 7.05. The van der Waals surface area contributed by atoms with Crippen molar-refractivity contribution in [2.24, 2.45) is 0 Å². The Morgan fingerprint density at radius 1 is 1.20 bits per heavy atom. The fourth-order valence-electron chi connectivity index (χ4n) is 0.969. The third-order valence-corrected chi connectivity index (χ3v) is 2.28. The summed E-state index contributed by atoms with van der Waals surface area (Å²) in [6, 6.07) is 7.47. The van der Waals surface area contributed by atoms with Gasteiger partial charge in [-0.1, -0.05) is 0 Å². The van der Waals surface area contributed by atoms with E-state index in [0.29, 0.717) is 0 Å². The molecule has 0 saturated heterocycles. The van der Waals surface area contributed by atoms with Gasteiger partial charge in [0.15, 0.2) is 0 Å². The zero-order chi connectivity index (χ0) is 11.3. The van der Waals surface area contributed by atoms with Crippen molar-refractivity contribution in [1.82, 2.24) is 0 Å². The van der Waals surface area contributed by atoms with E-state index in [0.717, 1.165) is 0 Å². The van der Waals surface area contributed by atoms with E-state index in [4.69, 9.17) is 9.69 Å². The standard InChI is InChI=1S/C10H5F3.ClH.Rh/c1-2-9(10(11,12)13)8-6-4-3-5-7-8;;/h3-7H;1H;/q;;+1/p-1. The van der Waals surface area contributed by atoms with Crippen LogP contribution in [0.15, 0.2) is 36.1 Å². The van der Waals surface area contributed by atoms with Crippen LogP contribution in [0.5, 0.6) is 0 Å². The molecule has 0 nitrogen and oxygen atoms in total. The summed E-state index contributed by atoms with van der Waals surface area (Å²) in [5.74, 6) is 0. The summed E-state index contributed by atoms with van der Waals surface area (Å²) >= 11 is -0.664. The van der Waals surface area contributed by atoms with Gasteiger partial charge in [-0.25, -0.2) is 0 Å². The first kappa shape index (κ1) is 12.4. The number of benzene rings is 1. The van der Waals surface area contributed by atoms with Crippen LogP contribution in [0.3, 0.4) is 0 Å². The Hall–Kier alpha value is -0.647. The third kappa shape index (κ3) is 3.77. The Morgan fingerprint density at radius 3 is 2.27 bits per heavy atom. The van der Waals surface area contributed by atoms with Gasteiger partial charge in [-0.2, -0.15) is 0 Å². The normalized spacial score (nSPS) is 10.7. The van der Waals surface area contributed by atoms with E-state index in [9.17, 15) is 13.2 Å². The number of allylic oxidation sites excluding steroid dienone is 1. The van der Waals surface area contributed by atoms with E-state index in [1.165, 1.54) is 24.3 Å². The quantitative estimate of drug-likeness (QED) is 0.549. The summed E-state index contributed by atoms with van der Waals surface area (Å²) in [6.07, 6.45) is -4.43. The molecule has 0 unspecified atom stereocenters. The van der Waals surface area contributed by atoms with E-state index >= 15 is 0 Å². The molecule has 0 N–H and O–H groups in total. The summed E-state index contributed by atoms with van der Waals surface area (Å²) in [5, 5.41) is 0. The summed E-state index contributed by atoms with van der Waals surface area (Å²) in [4.78, 5) is 0. The van der Waals surface area contributed by atoms with Gasteiger partial charge in [-0.3, -0.25) is 0 Å². The van der Waals surface area contributed by atoms with Crippen molar-refractivity contribution < 1.29 is 28.9 Å². The summed E-state index contributed by atoms with van der Waals surface area (Å²) < 4.78 is 39.9. The zero-order valence-corrected chi connectivity index (χ0v) is 9.63. The van der Waals surface area contributed by atoms with E-state index in [-0.39, 0.29) is 5.56 Å². The van der Waals surface area contributed by atoms with E-state index in [1.807, 2.05) is 0 Å². The molecule has 1 aromatic rings. The fourth-order valence-corrected chi connectivity index (χ4v) is 1.44. The van der Waals surface area contributed by atoms with Crippen LogP contribution in [0, 0.1) is 0 Å². The van der Waals surface area contributed by atoms with E-state index in [1.54, 1.807) is 6.07 Å². The molecule has 82 valence electrons.